The smallest absolute Gasteiger partial charge is 0.269 e. The van der Waals surface area contributed by atoms with Gasteiger partial charge in [0.15, 0.2) is 17.3 Å². The number of fused-ring (bicyclic) bond motifs is 5. The Bertz CT molecular complexity index is 1790. The van der Waals surface area contributed by atoms with Crippen molar-refractivity contribution in [3.63, 3.8) is 0 Å². The van der Waals surface area contributed by atoms with Gasteiger partial charge in [-0.05, 0) is 35.4 Å². The normalized spacial score (nSPS) is 21.5. The second kappa shape index (κ2) is 9.08. The SMILES string of the molecule is O=C(c1ccc([N+](=O)[O-])cc1)[C@@H]1[C@@H](c2ccccc2Cl)C2(C(=O)c3ccccc3C2=O)[C@@H]2C=Cc3ccccc3N12. The number of anilines is 1. The molecule has 0 saturated carbocycles. The number of non-ortho nitro benzene ring substituents is 1. The number of carbonyl (C=O) groups excluding carboxylic acids is 3. The third-order valence-corrected chi connectivity index (χ3v) is 8.93. The summed E-state index contributed by atoms with van der Waals surface area (Å²) in [5, 5.41) is 11.6. The van der Waals surface area contributed by atoms with Gasteiger partial charge >= 0.3 is 0 Å². The molecule has 3 atom stereocenters. The van der Waals surface area contributed by atoms with Crippen molar-refractivity contribution < 1.29 is 19.3 Å². The van der Waals surface area contributed by atoms with Crippen molar-refractivity contribution in [2.45, 2.75) is 18.0 Å². The molecule has 0 radical (unpaired) electrons. The molecule has 0 unspecified atom stereocenters. The predicted molar refractivity (Wildman–Crippen MR) is 155 cm³/mol. The number of nitrogens with zero attached hydrogens (tertiary/aromatic N) is 2. The molecule has 0 aromatic heterocycles. The van der Waals surface area contributed by atoms with E-state index in [1.165, 1.54) is 24.3 Å². The number of hydrogen-bond acceptors (Lipinski definition) is 6. The van der Waals surface area contributed by atoms with Gasteiger partial charge in [-0.15, -0.1) is 0 Å². The Balaban J connectivity index is 1.53. The molecule has 41 heavy (non-hydrogen) atoms. The first kappa shape index (κ1) is 25.1. The number of nitro benzene ring substituents is 1. The second-order valence-electron chi connectivity index (χ2n) is 10.5. The molecular formula is C33H21ClN2O5. The fourth-order valence-electron chi connectivity index (χ4n) is 6.91. The first-order valence-electron chi connectivity index (χ1n) is 13.1. The van der Waals surface area contributed by atoms with Gasteiger partial charge < -0.3 is 4.90 Å². The predicted octanol–water partition coefficient (Wildman–Crippen LogP) is 6.56. The Labute approximate surface area is 239 Å². The van der Waals surface area contributed by atoms with Gasteiger partial charge in [0.25, 0.3) is 5.69 Å². The number of para-hydroxylation sites is 1. The number of hydrogen-bond donors (Lipinski definition) is 0. The highest BCUT2D eigenvalue weighted by atomic mass is 35.5. The van der Waals surface area contributed by atoms with E-state index in [2.05, 4.69) is 0 Å². The van der Waals surface area contributed by atoms with Gasteiger partial charge in [0, 0.05) is 45.5 Å². The molecule has 1 aliphatic carbocycles. The maximum atomic E-state index is 14.6. The van der Waals surface area contributed by atoms with E-state index in [4.69, 9.17) is 11.6 Å². The van der Waals surface area contributed by atoms with Crippen molar-refractivity contribution in [3.05, 3.63) is 146 Å². The molecule has 0 amide bonds. The van der Waals surface area contributed by atoms with Crippen LogP contribution >= 0.6 is 11.6 Å². The third kappa shape index (κ3) is 3.36. The summed E-state index contributed by atoms with van der Waals surface area (Å²) >= 11 is 6.80. The highest BCUT2D eigenvalue weighted by Crippen LogP contribution is 2.61. The number of ketones is 3. The number of nitro groups is 1. The lowest BCUT2D eigenvalue weighted by molar-refractivity contribution is -0.384. The molecule has 1 spiro atoms. The van der Waals surface area contributed by atoms with Crippen LogP contribution in [0.1, 0.15) is 48.1 Å². The van der Waals surface area contributed by atoms with Crippen molar-refractivity contribution in [1.29, 1.82) is 0 Å². The van der Waals surface area contributed by atoms with Crippen LogP contribution in [0.4, 0.5) is 11.4 Å². The zero-order valence-electron chi connectivity index (χ0n) is 21.4. The van der Waals surface area contributed by atoms with Crippen LogP contribution in [0, 0.1) is 15.5 Å². The maximum Gasteiger partial charge on any atom is 0.269 e. The van der Waals surface area contributed by atoms with E-state index in [9.17, 15) is 24.5 Å². The van der Waals surface area contributed by atoms with Crippen LogP contribution in [0.5, 0.6) is 0 Å². The Morgan fingerprint density at radius 2 is 1.44 bits per heavy atom. The van der Waals surface area contributed by atoms with E-state index in [-0.39, 0.29) is 28.6 Å². The summed E-state index contributed by atoms with van der Waals surface area (Å²) in [6.07, 6.45) is 3.74. The Hall–Kier alpha value is -4.88. The zero-order chi connectivity index (χ0) is 28.5. The second-order valence-corrected chi connectivity index (χ2v) is 10.9. The van der Waals surface area contributed by atoms with Crippen LogP contribution in [0.25, 0.3) is 6.08 Å². The van der Waals surface area contributed by atoms with Crippen LogP contribution < -0.4 is 4.90 Å². The highest BCUT2D eigenvalue weighted by Gasteiger charge is 2.71. The van der Waals surface area contributed by atoms with Crippen LogP contribution in [0.15, 0.2) is 103 Å². The fraction of sp³-hybridized carbons (Fsp3) is 0.121. The van der Waals surface area contributed by atoms with Crippen molar-refractivity contribution in [3.8, 4) is 0 Å². The molecule has 7 nitrogen and oxygen atoms in total. The van der Waals surface area contributed by atoms with Crippen LogP contribution in [0.3, 0.4) is 0 Å². The molecule has 4 aromatic carbocycles. The highest BCUT2D eigenvalue weighted by molar-refractivity contribution is 6.34. The first-order chi connectivity index (χ1) is 19.9. The molecule has 1 saturated heterocycles. The van der Waals surface area contributed by atoms with Gasteiger partial charge in [0.1, 0.15) is 11.5 Å². The van der Waals surface area contributed by atoms with Crippen molar-refractivity contribution >= 4 is 46.4 Å². The van der Waals surface area contributed by atoms with Crippen LogP contribution in [-0.4, -0.2) is 34.4 Å². The Kier molecular flexibility index (Phi) is 5.56. The van der Waals surface area contributed by atoms with E-state index >= 15 is 0 Å². The molecule has 2 aliphatic heterocycles. The maximum absolute atomic E-state index is 14.6. The topological polar surface area (TPSA) is 97.6 Å². The molecule has 8 heteroatoms. The third-order valence-electron chi connectivity index (χ3n) is 8.58. The van der Waals surface area contributed by atoms with Crippen molar-refractivity contribution in [2.24, 2.45) is 5.41 Å². The number of benzene rings is 4. The minimum Gasteiger partial charge on any atom is -0.352 e. The summed E-state index contributed by atoms with van der Waals surface area (Å²) in [5.41, 5.74) is 1.14. The summed E-state index contributed by atoms with van der Waals surface area (Å²) in [4.78, 5) is 56.5. The summed E-state index contributed by atoms with van der Waals surface area (Å²) < 4.78 is 0. The van der Waals surface area contributed by atoms with Crippen molar-refractivity contribution in [1.82, 2.24) is 0 Å². The molecule has 4 aromatic rings. The van der Waals surface area contributed by atoms with Gasteiger partial charge in [-0.1, -0.05) is 84.4 Å². The molecule has 0 N–H and O–H groups in total. The van der Waals surface area contributed by atoms with Gasteiger partial charge in [-0.3, -0.25) is 24.5 Å². The van der Waals surface area contributed by atoms with Gasteiger partial charge in [0.2, 0.25) is 0 Å². The summed E-state index contributed by atoms with van der Waals surface area (Å²) in [7, 11) is 0. The van der Waals surface area contributed by atoms with E-state index in [1.807, 2.05) is 41.3 Å². The van der Waals surface area contributed by atoms with Crippen LogP contribution in [0.2, 0.25) is 5.02 Å². The molecule has 1 fully saturated rings. The summed E-state index contributed by atoms with van der Waals surface area (Å²) in [5.74, 6) is -2.01. The molecule has 7 rings (SSSR count). The zero-order valence-corrected chi connectivity index (χ0v) is 22.2. The van der Waals surface area contributed by atoms with E-state index in [0.717, 1.165) is 5.56 Å². The Morgan fingerprint density at radius 1 is 0.829 bits per heavy atom. The minimum absolute atomic E-state index is 0.146. The number of halogens is 1. The summed E-state index contributed by atoms with van der Waals surface area (Å²) in [6.45, 7) is 0. The van der Waals surface area contributed by atoms with E-state index in [0.29, 0.717) is 27.4 Å². The standard InChI is InChI=1S/C33H21ClN2O5/c34-25-11-5-4-10-24(25)28-29(30(37)20-13-16-21(17-14-20)36(40)41)35-26-12-6-1-7-19(26)15-18-27(35)33(28)31(38)22-8-2-3-9-23(22)32(33)39/h1-18,27-29H/t27-,28+,29-/m0/s1. The van der Waals surface area contributed by atoms with Gasteiger partial charge in [-0.25, -0.2) is 0 Å². The fourth-order valence-corrected chi connectivity index (χ4v) is 7.16. The first-order valence-corrected chi connectivity index (χ1v) is 13.5. The summed E-state index contributed by atoms with van der Waals surface area (Å²) in [6, 6.07) is 24.9. The molecule has 2 heterocycles. The van der Waals surface area contributed by atoms with Gasteiger partial charge in [0.05, 0.1) is 11.0 Å². The average Bonchev–Trinajstić information content (AvgIpc) is 3.43. The van der Waals surface area contributed by atoms with E-state index < -0.39 is 28.3 Å². The molecule has 200 valence electrons. The quantitative estimate of drug-likeness (QED) is 0.121. The van der Waals surface area contributed by atoms with Crippen molar-refractivity contribution in [2.75, 3.05) is 4.90 Å². The van der Waals surface area contributed by atoms with Gasteiger partial charge in [-0.2, -0.15) is 0 Å². The molecule has 3 aliphatic rings. The average molecular weight is 561 g/mol. The van der Waals surface area contributed by atoms with E-state index in [1.54, 1.807) is 48.5 Å². The van der Waals surface area contributed by atoms with Crippen LogP contribution in [-0.2, 0) is 0 Å². The Morgan fingerprint density at radius 3 is 2.10 bits per heavy atom. The monoisotopic (exact) mass is 560 g/mol. The number of Topliss-reactive ketones (excluding diaryl/α,β-unsaturated/α-hetero) is 3. The number of carbonyl (C=O) groups is 3. The largest absolute Gasteiger partial charge is 0.352 e. The lowest BCUT2D eigenvalue weighted by atomic mass is 9.64. The molecular weight excluding hydrogens is 540 g/mol. The molecule has 0 bridgehead atoms. The lowest BCUT2D eigenvalue weighted by Gasteiger charge is -2.37. The lowest BCUT2D eigenvalue weighted by Crippen LogP contribution is -2.48. The minimum atomic E-state index is -1.67. The number of rotatable bonds is 4.